The van der Waals surface area contributed by atoms with E-state index < -0.39 is 11.9 Å². The van der Waals surface area contributed by atoms with Crippen LogP contribution in [0.3, 0.4) is 0 Å². The third-order valence-corrected chi connectivity index (χ3v) is 0.786. The van der Waals surface area contributed by atoms with Crippen LogP contribution in [0, 0.1) is 0 Å². The minimum absolute atomic E-state index is 0.224. The predicted octanol–water partition coefficient (Wildman–Crippen LogP) is -1.17. The molecule has 2 N–H and O–H groups in total. The maximum Gasteiger partial charge on any atom is 0.394 e. The number of carbonyl (C=O) groups is 2. The average Bonchev–Trinajstić information content (AvgIpc) is 1.88. The number of nitrogens with one attached hydrogen (secondary N) is 1. The molecule has 10 heavy (non-hydrogen) atoms. The van der Waals surface area contributed by atoms with Gasteiger partial charge in [0.1, 0.15) is 0 Å². The van der Waals surface area contributed by atoms with Crippen LogP contribution in [-0.2, 0) is 14.3 Å². The second kappa shape index (κ2) is 4.75. The number of carboxylic acids is 1. The van der Waals surface area contributed by atoms with Crippen LogP contribution in [0.25, 0.3) is 0 Å². The third kappa shape index (κ3) is 3.85. The van der Waals surface area contributed by atoms with Gasteiger partial charge >= 0.3 is 11.9 Å². The molecule has 0 aliphatic carbocycles. The van der Waals surface area contributed by atoms with Crippen LogP contribution in [0.5, 0.6) is 0 Å². The van der Waals surface area contributed by atoms with Crippen molar-refractivity contribution in [3.05, 3.63) is 0 Å². The molecule has 0 aliphatic heterocycles. The van der Waals surface area contributed by atoms with E-state index in [4.69, 9.17) is 5.11 Å². The first-order valence-corrected chi connectivity index (χ1v) is 2.68. The fourth-order valence-corrected chi connectivity index (χ4v) is 0.342. The van der Waals surface area contributed by atoms with Crippen LogP contribution < -0.4 is 5.32 Å². The standard InChI is InChI=1S/C5H9NO4/c1-10-3-2-6-4(7)5(8)9/h2-3H2,1H3,(H,6,7)(H,8,9). The zero-order valence-corrected chi connectivity index (χ0v) is 5.59. The number of aliphatic carboxylic acids is 1. The van der Waals surface area contributed by atoms with E-state index in [1.165, 1.54) is 7.11 Å². The second-order valence-corrected chi connectivity index (χ2v) is 1.55. The minimum Gasteiger partial charge on any atom is -0.474 e. The molecule has 0 saturated carbocycles. The molecular formula is C5H9NO4. The molecule has 0 atom stereocenters. The van der Waals surface area contributed by atoms with Gasteiger partial charge < -0.3 is 15.2 Å². The quantitative estimate of drug-likeness (QED) is 0.389. The molecule has 0 heterocycles. The monoisotopic (exact) mass is 147 g/mol. The highest BCUT2D eigenvalue weighted by molar-refractivity contribution is 6.31. The van der Waals surface area contributed by atoms with E-state index in [0.29, 0.717) is 6.61 Å². The van der Waals surface area contributed by atoms with Gasteiger partial charge in [-0.1, -0.05) is 0 Å². The number of amides is 1. The molecule has 5 heteroatoms. The Morgan fingerprint density at radius 3 is 2.60 bits per heavy atom. The van der Waals surface area contributed by atoms with E-state index in [9.17, 15) is 9.59 Å². The van der Waals surface area contributed by atoms with Crippen molar-refractivity contribution in [3.8, 4) is 0 Å². The SMILES string of the molecule is COCCNC(=O)C(=O)O. The van der Waals surface area contributed by atoms with Gasteiger partial charge in [0.15, 0.2) is 0 Å². The molecule has 5 nitrogen and oxygen atoms in total. The Morgan fingerprint density at radius 1 is 1.60 bits per heavy atom. The summed E-state index contributed by atoms with van der Waals surface area (Å²) < 4.78 is 4.56. The van der Waals surface area contributed by atoms with Crippen LogP contribution in [0.2, 0.25) is 0 Å². The van der Waals surface area contributed by atoms with Crippen LogP contribution in [0.1, 0.15) is 0 Å². The molecule has 0 bridgehead atoms. The van der Waals surface area contributed by atoms with Crippen molar-refractivity contribution < 1.29 is 19.4 Å². The maximum absolute atomic E-state index is 10.3. The fourth-order valence-electron chi connectivity index (χ4n) is 0.342. The average molecular weight is 147 g/mol. The summed E-state index contributed by atoms with van der Waals surface area (Å²) in [4.78, 5) is 20.1. The number of hydrogen-bond acceptors (Lipinski definition) is 3. The van der Waals surface area contributed by atoms with Gasteiger partial charge in [-0.05, 0) is 0 Å². The highest BCUT2D eigenvalue weighted by atomic mass is 16.5. The fraction of sp³-hybridized carbons (Fsp3) is 0.600. The van der Waals surface area contributed by atoms with E-state index in [1.54, 1.807) is 0 Å². The van der Waals surface area contributed by atoms with Crippen molar-refractivity contribution in [3.63, 3.8) is 0 Å². The molecular weight excluding hydrogens is 138 g/mol. The molecule has 0 unspecified atom stereocenters. The van der Waals surface area contributed by atoms with Gasteiger partial charge in [-0.15, -0.1) is 0 Å². The number of rotatable bonds is 3. The molecule has 0 aromatic rings. The summed E-state index contributed by atoms with van der Waals surface area (Å²) in [6.45, 7) is 0.542. The molecule has 0 fully saturated rings. The zero-order chi connectivity index (χ0) is 7.98. The lowest BCUT2D eigenvalue weighted by Gasteiger charge is -1.98. The Morgan fingerprint density at radius 2 is 2.20 bits per heavy atom. The zero-order valence-electron chi connectivity index (χ0n) is 5.59. The third-order valence-electron chi connectivity index (χ3n) is 0.786. The highest BCUT2D eigenvalue weighted by Crippen LogP contribution is 1.67. The molecule has 0 aromatic heterocycles. The minimum atomic E-state index is -1.48. The molecule has 1 amide bonds. The van der Waals surface area contributed by atoms with E-state index in [0.717, 1.165) is 0 Å². The lowest BCUT2D eigenvalue weighted by molar-refractivity contribution is -0.150. The van der Waals surface area contributed by atoms with Crippen molar-refractivity contribution in [2.75, 3.05) is 20.3 Å². The van der Waals surface area contributed by atoms with Gasteiger partial charge in [-0.3, -0.25) is 4.79 Å². The number of carboxylic acid groups (broad SMARTS) is 1. The molecule has 0 aliphatic rings. The molecule has 0 rings (SSSR count). The first-order chi connectivity index (χ1) is 4.68. The van der Waals surface area contributed by atoms with Gasteiger partial charge in [0.05, 0.1) is 6.61 Å². The van der Waals surface area contributed by atoms with Crippen molar-refractivity contribution in [1.29, 1.82) is 0 Å². The predicted molar refractivity (Wildman–Crippen MR) is 32.5 cm³/mol. The Bertz CT molecular complexity index is 134. The van der Waals surface area contributed by atoms with Gasteiger partial charge in [0.25, 0.3) is 0 Å². The number of carbonyl (C=O) groups excluding carboxylic acids is 1. The molecule has 0 saturated heterocycles. The Balaban J connectivity index is 3.31. The van der Waals surface area contributed by atoms with Crippen molar-refractivity contribution in [1.82, 2.24) is 5.32 Å². The topological polar surface area (TPSA) is 75.6 Å². The second-order valence-electron chi connectivity index (χ2n) is 1.55. The van der Waals surface area contributed by atoms with Crippen LogP contribution in [-0.4, -0.2) is 37.2 Å². The highest BCUT2D eigenvalue weighted by Gasteiger charge is 2.08. The molecule has 0 aromatic carbocycles. The van der Waals surface area contributed by atoms with Crippen LogP contribution in [0.15, 0.2) is 0 Å². The number of methoxy groups -OCH3 is 1. The van der Waals surface area contributed by atoms with Crippen molar-refractivity contribution in [2.24, 2.45) is 0 Å². The van der Waals surface area contributed by atoms with E-state index in [2.05, 4.69) is 10.1 Å². The summed E-state index contributed by atoms with van der Waals surface area (Å²) in [6.07, 6.45) is 0. The number of ether oxygens (including phenoxy) is 1. The van der Waals surface area contributed by atoms with Crippen molar-refractivity contribution >= 4 is 11.9 Å². The van der Waals surface area contributed by atoms with Crippen LogP contribution in [0.4, 0.5) is 0 Å². The van der Waals surface area contributed by atoms with Gasteiger partial charge in [0, 0.05) is 13.7 Å². The smallest absolute Gasteiger partial charge is 0.394 e. The first kappa shape index (κ1) is 8.90. The normalized spacial score (nSPS) is 8.90. The summed E-state index contributed by atoms with van der Waals surface area (Å²) in [5.74, 6) is -2.48. The van der Waals surface area contributed by atoms with E-state index in [1.807, 2.05) is 0 Å². The Kier molecular flexibility index (Phi) is 4.23. The van der Waals surface area contributed by atoms with Crippen LogP contribution >= 0.6 is 0 Å². The molecule has 0 spiro atoms. The van der Waals surface area contributed by atoms with Gasteiger partial charge in [0.2, 0.25) is 0 Å². The Labute approximate surface area is 58.0 Å². The first-order valence-electron chi connectivity index (χ1n) is 2.68. The number of hydrogen-bond donors (Lipinski definition) is 2. The molecule has 58 valence electrons. The van der Waals surface area contributed by atoms with E-state index in [-0.39, 0.29) is 6.54 Å². The molecule has 0 radical (unpaired) electrons. The van der Waals surface area contributed by atoms with Gasteiger partial charge in [-0.2, -0.15) is 0 Å². The Hall–Kier alpha value is -1.10. The summed E-state index contributed by atoms with van der Waals surface area (Å²) >= 11 is 0. The largest absolute Gasteiger partial charge is 0.474 e. The lowest BCUT2D eigenvalue weighted by Crippen LogP contribution is -2.32. The summed E-state index contributed by atoms with van der Waals surface area (Å²) in [6, 6.07) is 0. The lowest BCUT2D eigenvalue weighted by atomic mass is 10.6. The summed E-state index contributed by atoms with van der Waals surface area (Å²) in [5, 5.41) is 10.1. The van der Waals surface area contributed by atoms with E-state index >= 15 is 0 Å². The summed E-state index contributed by atoms with van der Waals surface area (Å²) in [7, 11) is 1.47. The van der Waals surface area contributed by atoms with Gasteiger partial charge in [-0.25, -0.2) is 4.79 Å². The van der Waals surface area contributed by atoms with Crippen molar-refractivity contribution in [2.45, 2.75) is 0 Å². The summed E-state index contributed by atoms with van der Waals surface area (Å²) in [5.41, 5.74) is 0. The maximum atomic E-state index is 10.3.